The van der Waals surface area contributed by atoms with E-state index in [1.54, 1.807) is 12.4 Å². The van der Waals surface area contributed by atoms with E-state index in [1.165, 1.54) is 16.9 Å². The van der Waals surface area contributed by atoms with Crippen LogP contribution in [0.2, 0.25) is 0 Å². The quantitative estimate of drug-likeness (QED) is 0.519. The van der Waals surface area contributed by atoms with Gasteiger partial charge in [0.25, 0.3) is 0 Å². The predicted molar refractivity (Wildman–Crippen MR) is 123 cm³/mol. The van der Waals surface area contributed by atoms with Gasteiger partial charge < -0.3 is 25.0 Å². The molecule has 2 aliphatic rings. The van der Waals surface area contributed by atoms with Crippen molar-refractivity contribution in [2.75, 3.05) is 50.0 Å². The van der Waals surface area contributed by atoms with Crippen LogP contribution in [0.1, 0.15) is 12.0 Å². The van der Waals surface area contributed by atoms with Crippen LogP contribution in [-0.4, -0.2) is 93.3 Å². The lowest BCUT2D eigenvalue weighted by Gasteiger charge is -2.35. The average molecular weight is 477 g/mol. The Hall–Kier alpha value is -2.89. The first-order valence-electron chi connectivity index (χ1n) is 10.7. The van der Waals surface area contributed by atoms with Crippen LogP contribution in [0.15, 0.2) is 41.6 Å². The van der Waals surface area contributed by atoms with E-state index in [0.717, 1.165) is 50.1 Å². The van der Waals surface area contributed by atoms with Gasteiger partial charge in [0.2, 0.25) is 5.95 Å². The van der Waals surface area contributed by atoms with Crippen molar-refractivity contribution in [3.63, 3.8) is 0 Å². The maximum absolute atomic E-state index is 10.4. The molecular weight excluding hydrogens is 448 g/mol. The Morgan fingerprint density at radius 3 is 2.42 bits per heavy atom. The van der Waals surface area contributed by atoms with Crippen LogP contribution in [0.25, 0.3) is 0 Å². The molecule has 1 saturated heterocycles. The molecule has 3 N–H and O–H groups in total. The minimum atomic E-state index is -1.82. The Balaban J connectivity index is 0.000000454. The van der Waals surface area contributed by atoms with Crippen molar-refractivity contribution < 1.29 is 29.6 Å². The summed E-state index contributed by atoms with van der Waals surface area (Å²) in [7, 11) is 0. The first kappa shape index (κ1) is 24.7. The second kappa shape index (κ2) is 12.4. The highest BCUT2D eigenvalue weighted by Crippen LogP contribution is 2.37. The molecule has 0 bridgehead atoms. The second-order valence-corrected chi connectivity index (χ2v) is 8.71. The summed E-state index contributed by atoms with van der Waals surface area (Å²) in [6.07, 6.45) is 5.41. The van der Waals surface area contributed by atoms with Gasteiger partial charge in [0, 0.05) is 45.1 Å². The zero-order valence-electron chi connectivity index (χ0n) is 18.2. The van der Waals surface area contributed by atoms with Crippen molar-refractivity contribution >= 4 is 29.6 Å². The average Bonchev–Trinajstić information content (AvgIpc) is 2.84. The van der Waals surface area contributed by atoms with Gasteiger partial charge in [-0.2, -0.15) is 0 Å². The number of carboxylic acids is 2. The van der Waals surface area contributed by atoms with Gasteiger partial charge in [0.15, 0.2) is 0 Å². The number of aliphatic carboxylic acids is 2. The minimum Gasteiger partial charge on any atom is -0.490 e. The topological polar surface area (TPSA) is 136 Å². The number of β-amino-alcohol motifs (C(OH)–C–C–N with tert-alkyl or cyclic N) is 1. The molecule has 2 aliphatic heterocycles. The number of carboxylic acid groups (broad SMARTS) is 2. The molecule has 3 heterocycles. The van der Waals surface area contributed by atoms with E-state index in [4.69, 9.17) is 24.5 Å². The summed E-state index contributed by atoms with van der Waals surface area (Å²) in [5.41, 5.74) is 1.37. The molecule has 1 aromatic carbocycles. The largest absolute Gasteiger partial charge is 0.490 e. The van der Waals surface area contributed by atoms with Gasteiger partial charge in [-0.05, 0) is 36.3 Å². The monoisotopic (exact) mass is 476 g/mol. The van der Waals surface area contributed by atoms with Gasteiger partial charge in [0.05, 0.1) is 4.90 Å². The van der Waals surface area contributed by atoms with E-state index >= 15 is 0 Å². The van der Waals surface area contributed by atoms with Crippen LogP contribution in [-0.2, 0) is 16.0 Å². The second-order valence-electron chi connectivity index (χ2n) is 7.61. The normalized spacial score (nSPS) is 16.7. The van der Waals surface area contributed by atoms with Crippen molar-refractivity contribution in [3.05, 3.63) is 42.2 Å². The number of rotatable bonds is 6. The molecule has 0 aliphatic carbocycles. The highest BCUT2D eigenvalue weighted by Gasteiger charge is 2.21. The Labute approximate surface area is 196 Å². The summed E-state index contributed by atoms with van der Waals surface area (Å²) in [4.78, 5) is 32.5. The van der Waals surface area contributed by atoms with Crippen molar-refractivity contribution in [3.8, 4) is 5.75 Å². The molecular formula is C22H28N4O6S. The zero-order chi connectivity index (χ0) is 23.6. The van der Waals surface area contributed by atoms with E-state index in [1.807, 2.05) is 23.9 Å². The Bertz CT molecular complexity index is 912. The Kier molecular flexibility index (Phi) is 9.28. The van der Waals surface area contributed by atoms with Crippen molar-refractivity contribution in [2.24, 2.45) is 0 Å². The molecule has 1 fully saturated rings. The number of carbonyl (C=O) groups is 2. The van der Waals surface area contributed by atoms with E-state index in [0.29, 0.717) is 13.2 Å². The number of hydrogen-bond acceptors (Lipinski definition) is 9. The smallest absolute Gasteiger partial charge is 0.414 e. The van der Waals surface area contributed by atoms with Crippen molar-refractivity contribution in [2.45, 2.75) is 23.8 Å². The third-order valence-corrected chi connectivity index (χ3v) is 6.43. The number of aliphatic hydroxyl groups excluding tert-OH is 1. The third kappa shape index (κ3) is 7.58. The number of aryl methyl sites for hydroxylation is 1. The molecule has 2 aromatic rings. The van der Waals surface area contributed by atoms with Gasteiger partial charge in [-0.25, -0.2) is 19.6 Å². The first-order chi connectivity index (χ1) is 15.9. The molecule has 0 spiro atoms. The van der Waals surface area contributed by atoms with Crippen LogP contribution in [0.4, 0.5) is 5.95 Å². The number of benzene rings is 1. The third-order valence-electron chi connectivity index (χ3n) is 5.19. The molecule has 33 heavy (non-hydrogen) atoms. The van der Waals surface area contributed by atoms with E-state index in [-0.39, 0.29) is 0 Å². The summed E-state index contributed by atoms with van der Waals surface area (Å²) in [6.45, 7) is 4.50. The first-order valence-corrected chi connectivity index (χ1v) is 11.7. The number of nitrogens with zero attached hydrogens (tertiary/aromatic N) is 4. The van der Waals surface area contributed by atoms with E-state index in [2.05, 4.69) is 31.9 Å². The summed E-state index contributed by atoms with van der Waals surface area (Å²) >= 11 is 1.87. The fraction of sp³-hybridized carbons (Fsp3) is 0.455. The maximum Gasteiger partial charge on any atom is 0.414 e. The number of hydrogen-bond donors (Lipinski definition) is 3. The lowest BCUT2D eigenvalue weighted by Crippen LogP contribution is -2.49. The van der Waals surface area contributed by atoms with Gasteiger partial charge in [-0.15, -0.1) is 11.8 Å². The highest BCUT2D eigenvalue weighted by atomic mass is 32.2. The van der Waals surface area contributed by atoms with Gasteiger partial charge >= 0.3 is 11.9 Å². The van der Waals surface area contributed by atoms with Crippen LogP contribution < -0.4 is 9.64 Å². The number of fused-ring (bicyclic) bond motifs is 1. The van der Waals surface area contributed by atoms with Crippen LogP contribution in [0.5, 0.6) is 5.75 Å². The Morgan fingerprint density at radius 2 is 1.76 bits per heavy atom. The summed E-state index contributed by atoms with van der Waals surface area (Å²) in [5.74, 6) is -0.801. The maximum atomic E-state index is 10.4. The van der Waals surface area contributed by atoms with Gasteiger partial charge in [-0.1, -0.05) is 12.1 Å². The number of anilines is 1. The molecule has 10 nitrogen and oxygen atoms in total. The highest BCUT2D eigenvalue weighted by molar-refractivity contribution is 7.99. The molecule has 0 radical (unpaired) electrons. The SMILES string of the molecule is O=C(O)C(=O)O.OC(COc1cccc2c1SCCC2)CN1CCN(c2ncccn2)CC1. The molecule has 1 atom stereocenters. The summed E-state index contributed by atoms with van der Waals surface area (Å²) < 4.78 is 5.97. The summed E-state index contributed by atoms with van der Waals surface area (Å²) in [5, 5.41) is 25.2. The fourth-order valence-electron chi connectivity index (χ4n) is 3.59. The molecule has 1 unspecified atom stereocenters. The summed E-state index contributed by atoms with van der Waals surface area (Å²) in [6, 6.07) is 8.08. The number of thioether (sulfide) groups is 1. The standard InChI is InChI=1S/C20H26N4O2S.C2H2O4/c25-17(15-26-18-6-1-4-16-5-2-13-27-19(16)18)14-23-9-11-24(12-10-23)20-21-7-3-8-22-20;3-1(4)2(5)6/h1,3-4,6-8,17,25H,2,5,9-15H2;(H,3,4)(H,5,6). The molecule has 0 amide bonds. The number of aromatic nitrogens is 2. The van der Waals surface area contributed by atoms with E-state index in [9.17, 15) is 5.11 Å². The molecule has 4 rings (SSSR count). The van der Waals surface area contributed by atoms with Crippen LogP contribution in [0, 0.1) is 0 Å². The van der Waals surface area contributed by atoms with Crippen LogP contribution in [0.3, 0.4) is 0 Å². The zero-order valence-corrected chi connectivity index (χ0v) is 19.0. The number of aliphatic hydroxyl groups is 1. The van der Waals surface area contributed by atoms with Gasteiger partial charge in [-0.3, -0.25) is 4.90 Å². The Morgan fingerprint density at radius 1 is 1.06 bits per heavy atom. The minimum absolute atomic E-state index is 0.332. The lowest BCUT2D eigenvalue weighted by molar-refractivity contribution is -0.159. The van der Waals surface area contributed by atoms with Crippen LogP contribution >= 0.6 is 11.8 Å². The van der Waals surface area contributed by atoms with Crippen molar-refractivity contribution in [1.29, 1.82) is 0 Å². The molecule has 11 heteroatoms. The predicted octanol–water partition coefficient (Wildman–Crippen LogP) is 1.23. The number of piperazine rings is 1. The van der Waals surface area contributed by atoms with Crippen molar-refractivity contribution in [1.82, 2.24) is 14.9 Å². The van der Waals surface area contributed by atoms with Gasteiger partial charge in [0.1, 0.15) is 18.5 Å². The molecule has 1 aromatic heterocycles. The molecule has 178 valence electrons. The number of ether oxygens (including phenoxy) is 1. The fourth-order valence-corrected chi connectivity index (χ4v) is 4.71. The van der Waals surface area contributed by atoms with E-state index < -0.39 is 18.0 Å². The lowest BCUT2D eigenvalue weighted by atomic mass is 10.1. The molecule has 0 saturated carbocycles.